The number of anilines is 3. The van der Waals surface area contributed by atoms with Crippen molar-refractivity contribution in [2.45, 2.75) is 52.1 Å². The summed E-state index contributed by atoms with van der Waals surface area (Å²) in [6.07, 6.45) is 3.82. The highest BCUT2D eigenvalue weighted by Gasteiger charge is 2.39. The van der Waals surface area contributed by atoms with Crippen LogP contribution in [0.4, 0.5) is 16.8 Å². The minimum Gasteiger partial charge on any atom is -0.331 e. The Morgan fingerprint density at radius 2 is 2.03 bits per heavy atom. The Labute approximate surface area is 213 Å². The Morgan fingerprint density at radius 1 is 1.20 bits per heavy atom. The highest BCUT2D eigenvalue weighted by atomic mass is 35.5. The lowest BCUT2D eigenvalue weighted by Gasteiger charge is -2.23. The summed E-state index contributed by atoms with van der Waals surface area (Å²) >= 11 is 8.17. The zero-order chi connectivity index (χ0) is 24.3. The van der Waals surface area contributed by atoms with Crippen LogP contribution >= 0.6 is 22.9 Å². The molecule has 4 heterocycles. The predicted molar refractivity (Wildman–Crippen MR) is 138 cm³/mol. The summed E-state index contributed by atoms with van der Waals surface area (Å²) < 4.78 is 0. The van der Waals surface area contributed by atoms with Crippen molar-refractivity contribution in [2.24, 2.45) is 5.92 Å². The van der Waals surface area contributed by atoms with Gasteiger partial charge in [-0.1, -0.05) is 29.0 Å². The number of carbonyl (C=O) groups is 2. The Morgan fingerprint density at radius 3 is 2.77 bits per heavy atom. The fourth-order valence-corrected chi connectivity index (χ4v) is 6.36. The van der Waals surface area contributed by atoms with Crippen LogP contribution in [0, 0.1) is 12.8 Å². The Kier molecular flexibility index (Phi) is 5.53. The number of nitrogens with zero attached hydrogens (tertiary/aromatic N) is 4. The van der Waals surface area contributed by atoms with Crippen LogP contribution in [0.2, 0.25) is 5.02 Å². The SMILES string of the molecule is Cc1nc(Nc2cccc(N3CCCC3=O)n2)sc1-c1cc(Cl)c2c(c1)CN([C@@H](C)C1CC1)C2=O. The highest BCUT2D eigenvalue weighted by Crippen LogP contribution is 2.42. The van der Waals surface area contributed by atoms with E-state index in [1.165, 1.54) is 24.2 Å². The third-order valence-electron chi connectivity index (χ3n) is 7.16. The molecule has 2 fully saturated rings. The molecule has 180 valence electrons. The van der Waals surface area contributed by atoms with Crippen molar-refractivity contribution in [3.8, 4) is 10.4 Å². The lowest BCUT2D eigenvalue weighted by atomic mass is 10.0. The van der Waals surface area contributed by atoms with Gasteiger partial charge < -0.3 is 10.2 Å². The van der Waals surface area contributed by atoms with Gasteiger partial charge in [-0.25, -0.2) is 9.97 Å². The van der Waals surface area contributed by atoms with Gasteiger partial charge in [-0.15, -0.1) is 0 Å². The van der Waals surface area contributed by atoms with Gasteiger partial charge in [-0.3, -0.25) is 14.5 Å². The number of hydrogen-bond acceptors (Lipinski definition) is 6. The van der Waals surface area contributed by atoms with E-state index in [0.29, 0.717) is 52.8 Å². The zero-order valence-corrected chi connectivity index (χ0v) is 21.2. The number of rotatable bonds is 6. The average molecular weight is 508 g/mol. The number of hydrogen-bond donors (Lipinski definition) is 1. The number of aryl methyl sites for hydroxylation is 1. The van der Waals surface area contributed by atoms with Gasteiger partial charge in [0, 0.05) is 25.6 Å². The molecule has 0 spiro atoms. The molecular weight excluding hydrogens is 482 g/mol. The molecule has 0 unspecified atom stereocenters. The molecule has 1 aliphatic carbocycles. The van der Waals surface area contributed by atoms with E-state index in [1.54, 1.807) is 4.90 Å². The Bertz CT molecular complexity index is 1350. The average Bonchev–Trinajstić information content (AvgIpc) is 3.37. The van der Waals surface area contributed by atoms with Gasteiger partial charge in [-0.2, -0.15) is 0 Å². The number of amides is 2. The number of fused-ring (bicyclic) bond motifs is 1. The molecule has 3 aliphatic rings. The number of nitrogens with one attached hydrogen (secondary N) is 1. The van der Waals surface area contributed by atoms with E-state index >= 15 is 0 Å². The van der Waals surface area contributed by atoms with Crippen molar-refractivity contribution in [2.75, 3.05) is 16.8 Å². The fourth-order valence-electron chi connectivity index (χ4n) is 5.08. The minimum atomic E-state index is 0.0433. The molecule has 1 N–H and O–H groups in total. The number of carbonyl (C=O) groups excluding carboxylic acids is 2. The second kappa shape index (κ2) is 8.60. The van der Waals surface area contributed by atoms with E-state index in [9.17, 15) is 9.59 Å². The zero-order valence-electron chi connectivity index (χ0n) is 19.7. The van der Waals surface area contributed by atoms with E-state index in [2.05, 4.69) is 23.3 Å². The molecule has 6 rings (SSSR count). The second-order valence-corrected chi connectivity index (χ2v) is 11.0. The van der Waals surface area contributed by atoms with E-state index in [-0.39, 0.29) is 17.9 Å². The monoisotopic (exact) mass is 507 g/mol. The van der Waals surface area contributed by atoms with Crippen molar-refractivity contribution < 1.29 is 9.59 Å². The van der Waals surface area contributed by atoms with Gasteiger partial charge in [0.05, 0.1) is 21.2 Å². The fraction of sp³-hybridized carbons (Fsp3) is 0.385. The Hall–Kier alpha value is -2.97. The maximum absolute atomic E-state index is 13.0. The number of thiazole rings is 1. The van der Waals surface area contributed by atoms with Crippen LogP contribution in [-0.2, 0) is 11.3 Å². The predicted octanol–water partition coefficient (Wildman–Crippen LogP) is 5.79. The van der Waals surface area contributed by atoms with Crippen molar-refractivity contribution >= 4 is 51.5 Å². The summed E-state index contributed by atoms with van der Waals surface area (Å²) in [6.45, 7) is 5.42. The number of aromatic nitrogens is 2. The minimum absolute atomic E-state index is 0.0433. The first-order valence-electron chi connectivity index (χ1n) is 12.0. The first-order chi connectivity index (χ1) is 16.9. The van der Waals surface area contributed by atoms with Crippen LogP contribution in [0.5, 0.6) is 0 Å². The van der Waals surface area contributed by atoms with Gasteiger partial charge >= 0.3 is 0 Å². The topological polar surface area (TPSA) is 78.4 Å². The quantitative estimate of drug-likeness (QED) is 0.456. The molecule has 35 heavy (non-hydrogen) atoms. The third kappa shape index (κ3) is 4.08. The van der Waals surface area contributed by atoms with Gasteiger partial charge in [0.15, 0.2) is 5.13 Å². The van der Waals surface area contributed by atoms with Crippen LogP contribution in [0.1, 0.15) is 54.2 Å². The van der Waals surface area contributed by atoms with Crippen LogP contribution < -0.4 is 10.2 Å². The molecular formula is C26H26ClN5O2S. The standard InChI is InChI=1S/C26H26ClN5O2S/c1-14-24(17-11-18-13-32(15(2)16-8-9-16)25(34)23(18)19(27)12-17)35-26(28-14)30-20-5-3-6-21(29-20)31-10-4-7-22(31)33/h3,5-6,11-12,15-16H,4,7-10,13H2,1-2H3,(H,28,29,30)/t15-/m0/s1. The lowest BCUT2D eigenvalue weighted by molar-refractivity contribution is -0.117. The molecule has 0 bridgehead atoms. The summed E-state index contributed by atoms with van der Waals surface area (Å²) in [6, 6.07) is 9.83. The number of benzene rings is 1. The Balaban J connectivity index is 1.25. The van der Waals surface area contributed by atoms with Gasteiger partial charge in [0.1, 0.15) is 11.6 Å². The highest BCUT2D eigenvalue weighted by molar-refractivity contribution is 7.19. The summed E-state index contributed by atoms with van der Waals surface area (Å²) in [5.74, 6) is 2.07. The van der Waals surface area contributed by atoms with Crippen molar-refractivity contribution in [1.29, 1.82) is 0 Å². The molecule has 3 aromatic rings. The van der Waals surface area contributed by atoms with Gasteiger partial charge in [0.25, 0.3) is 5.91 Å². The first kappa shape index (κ1) is 22.5. The number of halogens is 1. The molecule has 1 aromatic carbocycles. The summed E-state index contributed by atoms with van der Waals surface area (Å²) in [5.41, 5.74) is 3.47. The van der Waals surface area contributed by atoms with Crippen LogP contribution in [0.15, 0.2) is 30.3 Å². The molecule has 2 amide bonds. The number of pyridine rings is 1. The van der Waals surface area contributed by atoms with Crippen LogP contribution in [-0.4, -0.2) is 39.3 Å². The molecule has 1 atom stereocenters. The first-order valence-corrected chi connectivity index (χ1v) is 13.2. The van der Waals surface area contributed by atoms with Gasteiger partial charge in [0.2, 0.25) is 5.91 Å². The molecule has 1 saturated carbocycles. The van der Waals surface area contributed by atoms with Crippen molar-refractivity contribution in [1.82, 2.24) is 14.9 Å². The van der Waals surface area contributed by atoms with Crippen LogP contribution in [0.3, 0.4) is 0 Å². The van der Waals surface area contributed by atoms with E-state index < -0.39 is 0 Å². The second-order valence-electron chi connectivity index (χ2n) is 9.59. The lowest BCUT2D eigenvalue weighted by Crippen LogP contribution is -2.34. The normalized spacial score (nSPS) is 18.4. The smallest absolute Gasteiger partial charge is 0.256 e. The van der Waals surface area contributed by atoms with Crippen molar-refractivity contribution in [3.63, 3.8) is 0 Å². The maximum atomic E-state index is 13.0. The van der Waals surface area contributed by atoms with Gasteiger partial charge in [-0.05, 0) is 74.4 Å². The van der Waals surface area contributed by atoms with Crippen LogP contribution in [0.25, 0.3) is 10.4 Å². The third-order valence-corrected chi connectivity index (χ3v) is 8.58. The molecule has 0 radical (unpaired) electrons. The summed E-state index contributed by atoms with van der Waals surface area (Å²) in [5, 5.41) is 4.51. The van der Waals surface area contributed by atoms with Crippen molar-refractivity contribution in [3.05, 3.63) is 52.2 Å². The molecule has 1 saturated heterocycles. The summed E-state index contributed by atoms with van der Waals surface area (Å²) in [7, 11) is 0. The van der Waals surface area contributed by atoms with E-state index in [1.807, 2.05) is 36.1 Å². The maximum Gasteiger partial charge on any atom is 0.256 e. The van der Waals surface area contributed by atoms with E-state index in [0.717, 1.165) is 28.1 Å². The largest absolute Gasteiger partial charge is 0.331 e. The molecule has 2 aromatic heterocycles. The molecule has 9 heteroatoms. The summed E-state index contributed by atoms with van der Waals surface area (Å²) in [4.78, 5) is 39.2. The van der Waals surface area contributed by atoms with E-state index in [4.69, 9.17) is 16.6 Å². The molecule has 7 nitrogen and oxygen atoms in total. The molecule has 2 aliphatic heterocycles.